The quantitative estimate of drug-likeness (QED) is 0.727. The highest BCUT2D eigenvalue weighted by atomic mass is 19.4. The van der Waals surface area contributed by atoms with Crippen LogP contribution in [0.25, 0.3) is 0 Å². The third-order valence-corrected chi connectivity index (χ3v) is 3.19. The van der Waals surface area contributed by atoms with Gasteiger partial charge in [-0.1, -0.05) is 13.8 Å². The summed E-state index contributed by atoms with van der Waals surface area (Å²) in [5.74, 6) is -0.907. The van der Waals surface area contributed by atoms with Crippen LogP contribution in [0.15, 0.2) is 0 Å². The zero-order valence-corrected chi connectivity index (χ0v) is 8.90. The summed E-state index contributed by atoms with van der Waals surface area (Å²) in [6.07, 6.45) is -2.59. The Morgan fingerprint density at radius 1 is 1.20 bits per heavy atom. The molecular weight excluding hydrogens is 207 g/mol. The van der Waals surface area contributed by atoms with Crippen molar-refractivity contribution < 1.29 is 18.0 Å². The number of hydrogen-bond acceptors (Lipinski definition) is 1. The summed E-state index contributed by atoms with van der Waals surface area (Å²) >= 11 is 0. The molecule has 1 aliphatic rings. The van der Waals surface area contributed by atoms with Gasteiger partial charge in [-0.05, 0) is 31.1 Å². The summed E-state index contributed by atoms with van der Waals surface area (Å²) in [5, 5.41) is 2.05. The molecule has 0 aromatic heterocycles. The smallest absolute Gasteiger partial charge is 0.346 e. The molecule has 3 unspecified atom stereocenters. The minimum atomic E-state index is -4.76. The van der Waals surface area contributed by atoms with E-state index in [1.165, 1.54) is 0 Å². The largest absolute Gasteiger partial charge is 0.471 e. The molecule has 0 radical (unpaired) electrons. The molecule has 0 aliphatic heterocycles. The first-order valence-electron chi connectivity index (χ1n) is 5.18. The van der Waals surface area contributed by atoms with Gasteiger partial charge in [-0.25, -0.2) is 0 Å². The molecule has 1 fully saturated rings. The highest BCUT2D eigenvalue weighted by molar-refractivity contribution is 5.81. The van der Waals surface area contributed by atoms with E-state index in [4.69, 9.17) is 0 Å². The summed E-state index contributed by atoms with van der Waals surface area (Å²) in [7, 11) is 0. The van der Waals surface area contributed by atoms with E-state index in [9.17, 15) is 18.0 Å². The van der Waals surface area contributed by atoms with Gasteiger partial charge in [0.1, 0.15) is 0 Å². The van der Waals surface area contributed by atoms with E-state index in [0.717, 1.165) is 6.42 Å². The first kappa shape index (κ1) is 12.3. The first-order chi connectivity index (χ1) is 6.80. The second-order valence-electron chi connectivity index (χ2n) is 4.44. The average Bonchev–Trinajstić information content (AvgIpc) is 2.10. The summed E-state index contributed by atoms with van der Waals surface area (Å²) in [6, 6.07) is -0.315. The molecule has 1 saturated carbocycles. The van der Waals surface area contributed by atoms with E-state index < -0.39 is 12.1 Å². The van der Waals surface area contributed by atoms with E-state index in [2.05, 4.69) is 6.92 Å². The van der Waals surface area contributed by atoms with Gasteiger partial charge in [-0.15, -0.1) is 0 Å². The number of halogens is 3. The lowest BCUT2D eigenvalue weighted by Crippen LogP contribution is -2.45. The summed E-state index contributed by atoms with van der Waals surface area (Å²) in [6.45, 7) is 4.10. The van der Waals surface area contributed by atoms with Crippen molar-refractivity contribution in [1.29, 1.82) is 0 Å². The molecular formula is C10H16F3NO. The number of amides is 1. The molecule has 1 rings (SSSR count). The first-order valence-corrected chi connectivity index (χ1v) is 5.18. The molecule has 2 nitrogen and oxygen atoms in total. The van der Waals surface area contributed by atoms with Crippen molar-refractivity contribution in [3.05, 3.63) is 0 Å². The van der Waals surface area contributed by atoms with Crippen LogP contribution in [-0.4, -0.2) is 18.1 Å². The molecule has 0 heterocycles. The molecule has 0 aromatic rings. The molecule has 88 valence electrons. The highest BCUT2D eigenvalue weighted by Gasteiger charge is 2.40. The summed E-state index contributed by atoms with van der Waals surface area (Å²) < 4.78 is 35.9. The molecule has 0 aromatic carbocycles. The number of alkyl halides is 3. The average molecular weight is 223 g/mol. The molecule has 1 aliphatic carbocycles. The van der Waals surface area contributed by atoms with Crippen molar-refractivity contribution in [2.75, 3.05) is 0 Å². The normalized spacial score (nSPS) is 32.5. The molecule has 1 N–H and O–H groups in total. The maximum atomic E-state index is 12.0. The van der Waals surface area contributed by atoms with Gasteiger partial charge in [-0.3, -0.25) is 4.79 Å². The highest BCUT2D eigenvalue weighted by Crippen LogP contribution is 2.29. The molecule has 0 saturated heterocycles. The van der Waals surface area contributed by atoms with Crippen LogP contribution in [0, 0.1) is 11.8 Å². The second kappa shape index (κ2) is 4.41. The van der Waals surface area contributed by atoms with E-state index in [0.29, 0.717) is 24.7 Å². The Hall–Kier alpha value is -0.740. The SMILES string of the molecule is CC1CCC(NC(=O)C(F)(F)F)CC1C. The second-order valence-corrected chi connectivity index (χ2v) is 4.44. The molecule has 0 spiro atoms. The number of nitrogens with one attached hydrogen (secondary N) is 1. The third-order valence-electron chi connectivity index (χ3n) is 3.19. The molecule has 0 bridgehead atoms. The number of rotatable bonds is 1. The van der Waals surface area contributed by atoms with Gasteiger partial charge >= 0.3 is 12.1 Å². The molecule has 15 heavy (non-hydrogen) atoms. The van der Waals surface area contributed by atoms with Crippen molar-refractivity contribution in [3.63, 3.8) is 0 Å². The lowest BCUT2D eigenvalue weighted by molar-refractivity contribution is -0.174. The Morgan fingerprint density at radius 2 is 1.80 bits per heavy atom. The number of carbonyl (C=O) groups excluding carboxylic acids is 1. The lowest BCUT2D eigenvalue weighted by Gasteiger charge is -2.32. The van der Waals surface area contributed by atoms with Gasteiger partial charge in [0.15, 0.2) is 0 Å². The van der Waals surface area contributed by atoms with Crippen LogP contribution < -0.4 is 5.32 Å². The minimum absolute atomic E-state index is 0.315. The Kier molecular flexibility index (Phi) is 3.62. The zero-order valence-electron chi connectivity index (χ0n) is 8.90. The fourth-order valence-electron chi connectivity index (χ4n) is 1.95. The van der Waals surface area contributed by atoms with Crippen molar-refractivity contribution in [1.82, 2.24) is 5.32 Å². The van der Waals surface area contributed by atoms with Crippen LogP contribution in [0.2, 0.25) is 0 Å². The van der Waals surface area contributed by atoms with Gasteiger partial charge in [0, 0.05) is 6.04 Å². The predicted octanol–water partition coefficient (Wildman–Crippen LogP) is 2.49. The van der Waals surface area contributed by atoms with E-state index >= 15 is 0 Å². The topological polar surface area (TPSA) is 29.1 Å². The van der Waals surface area contributed by atoms with Crippen LogP contribution in [0.3, 0.4) is 0 Å². The zero-order chi connectivity index (χ0) is 11.6. The van der Waals surface area contributed by atoms with Crippen molar-refractivity contribution in [2.45, 2.75) is 45.3 Å². The van der Waals surface area contributed by atoms with Crippen LogP contribution in [0.5, 0.6) is 0 Å². The Morgan fingerprint density at radius 3 is 2.27 bits per heavy atom. The Bertz CT molecular complexity index is 239. The van der Waals surface area contributed by atoms with Crippen molar-refractivity contribution in [2.24, 2.45) is 11.8 Å². The third kappa shape index (κ3) is 3.39. The maximum Gasteiger partial charge on any atom is 0.471 e. The van der Waals surface area contributed by atoms with Crippen LogP contribution in [0.4, 0.5) is 13.2 Å². The van der Waals surface area contributed by atoms with Crippen LogP contribution >= 0.6 is 0 Å². The van der Waals surface area contributed by atoms with Crippen molar-refractivity contribution in [3.8, 4) is 0 Å². The molecule has 3 atom stereocenters. The van der Waals surface area contributed by atoms with Gasteiger partial charge in [0.05, 0.1) is 0 Å². The van der Waals surface area contributed by atoms with E-state index in [1.54, 1.807) is 0 Å². The van der Waals surface area contributed by atoms with E-state index in [-0.39, 0.29) is 6.04 Å². The number of hydrogen-bond donors (Lipinski definition) is 1. The monoisotopic (exact) mass is 223 g/mol. The van der Waals surface area contributed by atoms with Gasteiger partial charge < -0.3 is 5.32 Å². The predicted molar refractivity (Wildman–Crippen MR) is 50.2 cm³/mol. The van der Waals surface area contributed by atoms with Crippen LogP contribution in [-0.2, 0) is 4.79 Å². The number of carbonyl (C=O) groups is 1. The Balaban J connectivity index is 2.44. The van der Waals surface area contributed by atoms with Crippen LogP contribution in [0.1, 0.15) is 33.1 Å². The van der Waals surface area contributed by atoms with E-state index in [1.807, 2.05) is 12.2 Å². The van der Waals surface area contributed by atoms with Gasteiger partial charge in [0.2, 0.25) is 0 Å². The fraction of sp³-hybridized carbons (Fsp3) is 0.900. The fourth-order valence-corrected chi connectivity index (χ4v) is 1.95. The Labute approximate surface area is 87.2 Å². The standard InChI is InChI=1S/C10H16F3NO/c1-6-3-4-8(5-7(6)2)14-9(15)10(11,12)13/h6-8H,3-5H2,1-2H3,(H,14,15). The lowest BCUT2D eigenvalue weighted by atomic mass is 9.79. The molecule has 5 heteroatoms. The maximum absolute atomic E-state index is 12.0. The summed E-state index contributed by atoms with van der Waals surface area (Å²) in [5.41, 5.74) is 0. The minimum Gasteiger partial charge on any atom is -0.346 e. The van der Waals surface area contributed by atoms with Crippen molar-refractivity contribution >= 4 is 5.91 Å². The summed E-state index contributed by atoms with van der Waals surface area (Å²) in [4.78, 5) is 10.7. The van der Waals surface area contributed by atoms with Gasteiger partial charge in [0.25, 0.3) is 0 Å². The molecule has 1 amide bonds. The van der Waals surface area contributed by atoms with Gasteiger partial charge in [-0.2, -0.15) is 13.2 Å².